The van der Waals surface area contributed by atoms with Gasteiger partial charge in [-0.2, -0.15) is 0 Å². The van der Waals surface area contributed by atoms with Crippen LogP contribution in [0.15, 0.2) is 43.1 Å². The maximum absolute atomic E-state index is 12.2. The topological polar surface area (TPSA) is 71.2 Å². The molecule has 0 radical (unpaired) electrons. The van der Waals surface area contributed by atoms with Crippen LogP contribution in [0.4, 0.5) is 5.69 Å². The molecule has 1 heterocycles. The average Bonchev–Trinajstić information content (AvgIpc) is 3.02. The summed E-state index contributed by atoms with van der Waals surface area (Å²) in [6, 6.07) is 7.53. The molecule has 1 aromatic heterocycles. The first kappa shape index (κ1) is 17.9. The van der Waals surface area contributed by atoms with E-state index in [2.05, 4.69) is 16.9 Å². The number of aliphatic hydroxyl groups is 1. The van der Waals surface area contributed by atoms with Gasteiger partial charge in [-0.3, -0.25) is 4.79 Å². The molecule has 1 amide bonds. The number of aliphatic hydroxyl groups excluding tert-OH is 1. The number of hydrogen-bond acceptors (Lipinski definition) is 4. The number of benzene rings is 1. The highest BCUT2D eigenvalue weighted by Crippen LogP contribution is 2.19. The molecule has 0 aliphatic rings. The Labute approximate surface area is 142 Å². The summed E-state index contributed by atoms with van der Waals surface area (Å²) in [5, 5.41) is 17.3. The maximum Gasteiger partial charge on any atom is 0.250 e. The lowest BCUT2D eigenvalue weighted by molar-refractivity contribution is -0.114. The number of amides is 1. The lowest BCUT2D eigenvalue weighted by Crippen LogP contribution is -2.28. The van der Waals surface area contributed by atoms with Crippen LogP contribution in [-0.2, 0) is 23.3 Å². The Morgan fingerprint density at radius 3 is 2.50 bits per heavy atom. The largest absolute Gasteiger partial charge is 0.396 e. The second-order valence-electron chi connectivity index (χ2n) is 6.59. The minimum absolute atomic E-state index is 0.102. The molecule has 6 nitrogen and oxygen atoms in total. The van der Waals surface area contributed by atoms with Gasteiger partial charge < -0.3 is 10.0 Å². The molecule has 0 atom stereocenters. The van der Waals surface area contributed by atoms with Crippen molar-refractivity contribution in [2.24, 2.45) is 0 Å². The molecule has 2 aromatic rings. The lowest BCUT2D eigenvalue weighted by atomic mass is 10.1. The minimum Gasteiger partial charge on any atom is -0.396 e. The van der Waals surface area contributed by atoms with Crippen LogP contribution >= 0.6 is 0 Å². The van der Waals surface area contributed by atoms with Crippen LogP contribution in [-0.4, -0.2) is 32.6 Å². The van der Waals surface area contributed by atoms with Crippen molar-refractivity contribution >= 4 is 11.6 Å². The van der Waals surface area contributed by atoms with E-state index in [-0.39, 0.29) is 18.1 Å². The third-order valence-electron chi connectivity index (χ3n) is 3.64. The number of carbonyl (C=O) groups is 1. The van der Waals surface area contributed by atoms with Gasteiger partial charge in [0.15, 0.2) is 0 Å². The predicted octanol–water partition coefficient (Wildman–Crippen LogP) is 2.29. The first-order valence-corrected chi connectivity index (χ1v) is 7.90. The zero-order valence-corrected chi connectivity index (χ0v) is 14.4. The Morgan fingerprint density at radius 1 is 1.33 bits per heavy atom. The van der Waals surface area contributed by atoms with Gasteiger partial charge in [0, 0.05) is 12.3 Å². The Balaban J connectivity index is 2.24. The molecule has 128 valence electrons. The van der Waals surface area contributed by atoms with Crippen LogP contribution in [0, 0.1) is 0 Å². The summed E-state index contributed by atoms with van der Waals surface area (Å²) in [4.78, 5) is 13.8. The quantitative estimate of drug-likeness (QED) is 0.826. The number of nitrogens with zero attached hydrogens (tertiary/aromatic N) is 4. The first-order valence-electron chi connectivity index (χ1n) is 7.90. The molecule has 0 unspecified atom stereocenters. The molecular formula is C18H24N4O2. The van der Waals surface area contributed by atoms with Gasteiger partial charge in [0.2, 0.25) is 0 Å². The van der Waals surface area contributed by atoms with Crippen LogP contribution in [0.25, 0.3) is 0 Å². The van der Waals surface area contributed by atoms with Crippen molar-refractivity contribution in [3.05, 3.63) is 54.4 Å². The zero-order valence-electron chi connectivity index (χ0n) is 14.4. The van der Waals surface area contributed by atoms with Gasteiger partial charge in [-0.25, -0.2) is 4.68 Å². The highest BCUT2D eigenvalue weighted by Gasteiger charge is 2.19. The fourth-order valence-corrected chi connectivity index (χ4v) is 2.24. The molecular weight excluding hydrogens is 304 g/mol. The van der Waals surface area contributed by atoms with Gasteiger partial charge >= 0.3 is 0 Å². The Hall–Kier alpha value is -2.47. The summed E-state index contributed by atoms with van der Waals surface area (Å²) in [5.74, 6) is -0.199. The molecule has 0 aliphatic carbocycles. The monoisotopic (exact) mass is 328 g/mol. The van der Waals surface area contributed by atoms with E-state index >= 15 is 0 Å². The van der Waals surface area contributed by atoms with Crippen LogP contribution in [0.3, 0.4) is 0 Å². The van der Waals surface area contributed by atoms with Crippen molar-refractivity contribution in [3.8, 4) is 0 Å². The first-order chi connectivity index (χ1) is 11.3. The van der Waals surface area contributed by atoms with Crippen LogP contribution in [0.1, 0.15) is 32.0 Å². The molecule has 0 bridgehead atoms. The summed E-state index contributed by atoms with van der Waals surface area (Å²) in [6.07, 6.45) is 3.73. The average molecular weight is 328 g/mol. The summed E-state index contributed by atoms with van der Waals surface area (Å²) in [7, 11) is 0. The van der Waals surface area contributed by atoms with Gasteiger partial charge in [0.1, 0.15) is 5.69 Å². The summed E-state index contributed by atoms with van der Waals surface area (Å²) >= 11 is 0. The minimum atomic E-state index is -0.199. The fourth-order valence-electron chi connectivity index (χ4n) is 2.24. The third-order valence-corrected chi connectivity index (χ3v) is 3.64. The van der Waals surface area contributed by atoms with E-state index in [4.69, 9.17) is 5.11 Å². The summed E-state index contributed by atoms with van der Waals surface area (Å²) < 4.78 is 1.78. The van der Waals surface area contributed by atoms with E-state index in [1.54, 1.807) is 9.58 Å². The second kappa shape index (κ2) is 7.40. The van der Waals surface area contributed by atoms with Crippen LogP contribution < -0.4 is 4.90 Å². The van der Waals surface area contributed by atoms with Crippen molar-refractivity contribution in [1.29, 1.82) is 0 Å². The second-order valence-corrected chi connectivity index (χ2v) is 6.59. The number of aromatic nitrogens is 3. The zero-order chi connectivity index (χ0) is 17.7. The van der Waals surface area contributed by atoms with E-state index in [0.29, 0.717) is 18.7 Å². The fraction of sp³-hybridized carbons (Fsp3) is 0.389. The highest BCUT2D eigenvalue weighted by atomic mass is 16.3. The molecule has 0 fully saturated rings. The van der Waals surface area contributed by atoms with E-state index in [1.165, 1.54) is 6.08 Å². The van der Waals surface area contributed by atoms with Gasteiger partial charge in [0.25, 0.3) is 5.91 Å². The number of hydrogen-bond donors (Lipinski definition) is 1. The smallest absolute Gasteiger partial charge is 0.250 e. The summed E-state index contributed by atoms with van der Waals surface area (Å²) in [6.45, 7) is 10.1. The summed E-state index contributed by atoms with van der Waals surface area (Å²) in [5.41, 5.74) is 2.32. The normalized spacial score (nSPS) is 11.3. The van der Waals surface area contributed by atoms with Gasteiger partial charge in [-0.05, 0) is 51.0 Å². The highest BCUT2D eigenvalue weighted by molar-refractivity contribution is 6.00. The lowest BCUT2D eigenvalue weighted by Gasteiger charge is -2.21. The molecule has 1 aromatic carbocycles. The molecule has 24 heavy (non-hydrogen) atoms. The number of carbonyl (C=O) groups excluding carboxylic acids is 1. The number of anilines is 1. The van der Waals surface area contributed by atoms with Crippen LogP contribution in [0.2, 0.25) is 0 Å². The van der Waals surface area contributed by atoms with Gasteiger partial charge in [-0.15, -0.1) is 5.10 Å². The van der Waals surface area contributed by atoms with E-state index < -0.39 is 0 Å². The third kappa shape index (κ3) is 4.29. The van der Waals surface area contributed by atoms with Crippen molar-refractivity contribution in [2.75, 3.05) is 11.5 Å². The van der Waals surface area contributed by atoms with Crippen molar-refractivity contribution in [3.63, 3.8) is 0 Å². The van der Waals surface area contributed by atoms with Crippen molar-refractivity contribution in [1.82, 2.24) is 15.0 Å². The van der Waals surface area contributed by atoms with Gasteiger partial charge in [-0.1, -0.05) is 23.9 Å². The molecule has 0 aliphatic heterocycles. The Morgan fingerprint density at radius 2 is 2.00 bits per heavy atom. The molecule has 0 spiro atoms. The Kier molecular flexibility index (Phi) is 5.51. The Bertz CT molecular complexity index is 699. The molecule has 0 saturated heterocycles. The van der Waals surface area contributed by atoms with E-state index in [0.717, 1.165) is 11.3 Å². The molecule has 6 heteroatoms. The standard InChI is InChI=1S/C18H24N4O2/c1-5-17(24)21(16-8-6-14(7-9-16)10-11-23)12-15-13-22(20-19-15)18(2,3)4/h5-9,13,23H,1,10-12H2,2-4H3. The van der Waals surface area contributed by atoms with E-state index in [9.17, 15) is 4.79 Å². The molecule has 1 N–H and O–H groups in total. The van der Waals surface area contributed by atoms with Crippen LogP contribution in [0.5, 0.6) is 0 Å². The van der Waals surface area contributed by atoms with Gasteiger partial charge in [0.05, 0.1) is 18.3 Å². The number of rotatable bonds is 6. The molecule has 2 rings (SSSR count). The van der Waals surface area contributed by atoms with Crippen molar-refractivity contribution in [2.45, 2.75) is 39.3 Å². The van der Waals surface area contributed by atoms with E-state index in [1.807, 2.05) is 51.2 Å². The molecule has 0 saturated carbocycles. The predicted molar refractivity (Wildman–Crippen MR) is 93.6 cm³/mol. The SMILES string of the molecule is C=CC(=O)N(Cc1cn(C(C)(C)C)nn1)c1ccc(CCO)cc1. The maximum atomic E-state index is 12.2. The van der Waals surface area contributed by atoms with Crippen molar-refractivity contribution < 1.29 is 9.90 Å².